The van der Waals surface area contributed by atoms with Crippen molar-refractivity contribution in [2.24, 2.45) is 0 Å². The molecule has 0 fully saturated rings. The van der Waals surface area contributed by atoms with Gasteiger partial charge in [-0.3, -0.25) is 9.69 Å². The van der Waals surface area contributed by atoms with Crippen molar-refractivity contribution in [3.05, 3.63) is 77.1 Å². The molecule has 0 N–H and O–H groups in total. The molecule has 0 spiro atoms. The molecule has 1 unspecified atom stereocenters. The van der Waals surface area contributed by atoms with Gasteiger partial charge in [-0.15, -0.1) is 10.2 Å². The summed E-state index contributed by atoms with van der Waals surface area (Å²) < 4.78 is 2.17. The molecule has 0 bridgehead atoms. The van der Waals surface area contributed by atoms with E-state index in [9.17, 15) is 4.79 Å². The molecule has 6 nitrogen and oxygen atoms in total. The molecule has 0 saturated heterocycles. The number of fused-ring (bicyclic) bond motifs is 1. The maximum atomic E-state index is 13.0. The van der Waals surface area contributed by atoms with Gasteiger partial charge < -0.3 is 9.47 Å². The number of carbonyl (C=O) groups excluding carboxylic acids is 1. The summed E-state index contributed by atoms with van der Waals surface area (Å²) in [5.74, 6) is 1.47. The van der Waals surface area contributed by atoms with E-state index >= 15 is 0 Å². The summed E-state index contributed by atoms with van der Waals surface area (Å²) in [5.41, 5.74) is 3.80. The maximum Gasteiger partial charge on any atom is 0.233 e. The number of benzene rings is 2. The van der Waals surface area contributed by atoms with E-state index in [-0.39, 0.29) is 11.9 Å². The van der Waals surface area contributed by atoms with E-state index in [1.165, 1.54) is 28.5 Å². The predicted octanol–water partition coefficient (Wildman–Crippen LogP) is 4.02. The van der Waals surface area contributed by atoms with Gasteiger partial charge in [-0.05, 0) is 43.6 Å². The van der Waals surface area contributed by atoms with Crippen molar-refractivity contribution < 1.29 is 4.79 Å². The summed E-state index contributed by atoms with van der Waals surface area (Å²) in [6.45, 7) is 4.32. The van der Waals surface area contributed by atoms with E-state index in [2.05, 4.69) is 71.0 Å². The number of thioether (sulfide) groups is 1. The molecule has 0 aliphatic carbocycles. The lowest BCUT2D eigenvalue weighted by Gasteiger charge is -2.28. The molecule has 32 heavy (non-hydrogen) atoms. The highest BCUT2D eigenvalue weighted by Crippen LogP contribution is 2.27. The van der Waals surface area contributed by atoms with E-state index in [0.29, 0.717) is 18.8 Å². The van der Waals surface area contributed by atoms with Crippen LogP contribution in [0.2, 0.25) is 0 Å². The first-order valence-corrected chi connectivity index (χ1v) is 12.2. The zero-order valence-electron chi connectivity index (χ0n) is 19.1. The molecule has 3 aromatic rings. The highest BCUT2D eigenvalue weighted by molar-refractivity contribution is 7.99. The molecule has 1 aliphatic rings. The fraction of sp³-hybridized carbons (Fsp3) is 0.400. The number of aromatic nitrogens is 3. The minimum absolute atomic E-state index is 0.153. The summed E-state index contributed by atoms with van der Waals surface area (Å²) in [5, 5.41) is 9.85. The molecule has 2 heterocycles. The Morgan fingerprint density at radius 1 is 1.06 bits per heavy atom. The fourth-order valence-electron chi connectivity index (χ4n) is 4.27. The van der Waals surface area contributed by atoms with Crippen LogP contribution in [0.4, 0.5) is 0 Å². The normalized spacial score (nSPS) is 14.4. The molecule has 7 heteroatoms. The molecule has 0 saturated carbocycles. The summed E-state index contributed by atoms with van der Waals surface area (Å²) in [6.07, 6.45) is 1.86. The van der Waals surface area contributed by atoms with Gasteiger partial charge in [0.25, 0.3) is 0 Å². The number of nitrogens with zero attached hydrogens (tertiary/aromatic N) is 5. The number of hydrogen-bond donors (Lipinski definition) is 0. The van der Waals surface area contributed by atoms with Gasteiger partial charge in [-0.2, -0.15) is 0 Å². The molecular formula is C25H31N5OS. The molecule has 2 aromatic carbocycles. The van der Waals surface area contributed by atoms with Crippen molar-refractivity contribution >= 4 is 17.7 Å². The van der Waals surface area contributed by atoms with Crippen molar-refractivity contribution in [2.75, 3.05) is 26.4 Å². The second kappa shape index (κ2) is 10.3. The van der Waals surface area contributed by atoms with Crippen molar-refractivity contribution in [2.45, 2.75) is 44.1 Å². The third-order valence-electron chi connectivity index (χ3n) is 6.05. The summed E-state index contributed by atoms with van der Waals surface area (Å²) in [6, 6.07) is 18.9. The van der Waals surface area contributed by atoms with Gasteiger partial charge in [-0.25, -0.2) is 0 Å². The Labute approximate surface area is 194 Å². The third-order valence-corrected chi connectivity index (χ3v) is 7.00. The molecule has 1 aliphatic heterocycles. The molecule has 1 aromatic heterocycles. The van der Waals surface area contributed by atoms with Crippen LogP contribution in [0.3, 0.4) is 0 Å². The van der Waals surface area contributed by atoms with Crippen LogP contribution >= 0.6 is 11.8 Å². The Balaban J connectivity index is 1.50. The van der Waals surface area contributed by atoms with Crippen LogP contribution in [0, 0.1) is 0 Å². The van der Waals surface area contributed by atoms with E-state index in [4.69, 9.17) is 0 Å². The predicted molar refractivity (Wildman–Crippen MR) is 129 cm³/mol. The van der Waals surface area contributed by atoms with Gasteiger partial charge >= 0.3 is 0 Å². The Morgan fingerprint density at radius 3 is 2.50 bits per heavy atom. The summed E-state index contributed by atoms with van der Waals surface area (Å²) >= 11 is 1.49. The topological polar surface area (TPSA) is 54.3 Å². The Kier molecular flexibility index (Phi) is 7.27. The Bertz CT molecular complexity index is 1050. The first-order chi connectivity index (χ1) is 15.6. The number of carbonyl (C=O) groups is 1. The summed E-state index contributed by atoms with van der Waals surface area (Å²) in [4.78, 5) is 17.1. The lowest BCUT2D eigenvalue weighted by Crippen LogP contribution is -2.37. The number of hydrogen-bond acceptors (Lipinski definition) is 5. The smallest absolute Gasteiger partial charge is 0.233 e. The Hall–Kier alpha value is -2.64. The third kappa shape index (κ3) is 5.05. The number of amides is 1. The molecular weight excluding hydrogens is 418 g/mol. The minimum Gasteiger partial charge on any atom is -0.337 e. The second-order valence-corrected chi connectivity index (χ2v) is 9.37. The molecule has 4 rings (SSSR count). The van der Waals surface area contributed by atoms with Crippen LogP contribution in [-0.2, 0) is 24.3 Å². The Morgan fingerprint density at radius 2 is 1.78 bits per heavy atom. The average Bonchev–Trinajstić information content (AvgIpc) is 3.20. The van der Waals surface area contributed by atoms with Crippen LogP contribution in [0.5, 0.6) is 0 Å². The zero-order chi connectivity index (χ0) is 22.5. The highest BCUT2D eigenvalue weighted by atomic mass is 32.2. The molecule has 1 amide bonds. The SMILES string of the molecule is CCC(c1nnc(SCC(=O)N2CCc3ccccc3C2)n1Cc1ccccc1)N(C)C. The van der Waals surface area contributed by atoms with Gasteiger partial charge in [0.15, 0.2) is 11.0 Å². The van der Waals surface area contributed by atoms with Crippen LogP contribution in [0.1, 0.15) is 41.9 Å². The van der Waals surface area contributed by atoms with Gasteiger partial charge in [0.05, 0.1) is 18.3 Å². The van der Waals surface area contributed by atoms with Crippen molar-refractivity contribution in [1.29, 1.82) is 0 Å². The molecule has 168 valence electrons. The largest absolute Gasteiger partial charge is 0.337 e. The fourth-order valence-corrected chi connectivity index (χ4v) is 5.12. The lowest BCUT2D eigenvalue weighted by atomic mass is 10.00. The molecule has 0 radical (unpaired) electrons. The number of rotatable bonds is 8. The average molecular weight is 450 g/mol. The van der Waals surface area contributed by atoms with E-state index in [1.54, 1.807) is 0 Å². The van der Waals surface area contributed by atoms with Crippen LogP contribution < -0.4 is 0 Å². The highest BCUT2D eigenvalue weighted by Gasteiger charge is 2.24. The monoisotopic (exact) mass is 449 g/mol. The second-order valence-electron chi connectivity index (χ2n) is 8.42. The van der Waals surface area contributed by atoms with Crippen molar-refractivity contribution in [3.63, 3.8) is 0 Å². The van der Waals surface area contributed by atoms with Crippen LogP contribution in [0.15, 0.2) is 59.8 Å². The first kappa shape index (κ1) is 22.6. The summed E-state index contributed by atoms with van der Waals surface area (Å²) in [7, 11) is 4.14. The van der Waals surface area contributed by atoms with Crippen LogP contribution in [-0.4, -0.2) is 56.9 Å². The van der Waals surface area contributed by atoms with Gasteiger partial charge in [0, 0.05) is 13.1 Å². The zero-order valence-corrected chi connectivity index (χ0v) is 19.9. The van der Waals surface area contributed by atoms with Crippen LogP contribution in [0.25, 0.3) is 0 Å². The van der Waals surface area contributed by atoms with Gasteiger partial charge in [0.1, 0.15) is 0 Å². The van der Waals surface area contributed by atoms with E-state index in [0.717, 1.165) is 30.4 Å². The lowest BCUT2D eigenvalue weighted by molar-refractivity contribution is -0.129. The van der Waals surface area contributed by atoms with Crippen molar-refractivity contribution in [3.8, 4) is 0 Å². The minimum atomic E-state index is 0.153. The van der Waals surface area contributed by atoms with Gasteiger partial charge in [0.2, 0.25) is 5.91 Å². The first-order valence-electron chi connectivity index (χ1n) is 11.2. The maximum absolute atomic E-state index is 13.0. The molecule has 1 atom stereocenters. The van der Waals surface area contributed by atoms with E-state index in [1.807, 2.05) is 29.2 Å². The quantitative estimate of drug-likeness (QED) is 0.486. The van der Waals surface area contributed by atoms with E-state index < -0.39 is 0 Å². The standard InChI is InChI=1S/C25H31N5OS/c1-4-22(28(2)3)24-26-27-25(30(24)16-19-10-6-5-7-11-19)32-18-23(31)29-15-14-20-12-8-9-13-21(20)17-29/h5-13,22H,4,14-18H2,1-3H3. The van der Waals surface area contributed by atoms with Gasteiger partial charge in [-0.1, -0.05) is 73.3 Å². The van der Waals surface area contributed by atoms with Crippen molar-refractivity contribution in [1.82, 2.24) is 24.6 Å².